The molecule has 0 bridgehead atoms. The molecule has 0 aliphatic heterocycles. The van der Waals surface area contributed by atoms with E-state index >= 15 is 0 Å². The van der Waals surface area contributed by atoms with Crippen molar-refractivity contribution in [2.75, 3.05) is 5.32 Å². The lowest BCUT2D eigenvalue weighted by Gasteiger charge is -2.08. The minimum Gasteiger partial charge on any atom is -0.489 e. The summed E-state index contributed by atoms with van der Waals surface area (Å²) in [5.41, 5.74) is 2.23. The van der Waals surface area contributed by atoms with E-state index in [4.69, 9.17) is 4.74 Å². The van der Waals surface area contributed by atoms with Gasteiger partial charge in [0.25, 0.3) is 11.7 Å². The number of amides is 1. The van der Waals surface area contributed by atoms with Crippen LogP contribution in [0.2, 0.25) is 0 Å². The Morgan fingerprint density at radius 1 is 1.18 bits per heavy atom. The predicted octanol–water partition coefficient (Wildman–Crippen LogP) is 3.40. The quantitative estimate of drug-likeness (QED) is 0.576. The van der Waals surface area contributed by atoms with Gasteiger partial charge in [-0.2, -0.15) is 4.98 Å². The molecule has 0 unspecified atom stereocenters. The second-order valence-electron chi connectivity index (χ2n) is 6.13. The number of fused-ring (bicyclic) bond motifs is 1. The van der Waals surface area contributed by atoms with E-state index in [1.54, 1.807) is 42.6 Å². The molecule has 0 aliphatic rings. The largest absolute Gasteiger partial charge is 0.489 e. The zero-order valence-corrected chi connectivity index (χ0v) is 15.0. The zero-order valence-electron chi connectivity index (χ0n) is 15.0. The number of hydrogen-bond acceptors (Lipinski definition) is 5. The number of nitrogens with zero attached hydrogens (tertiary/aromatic N) is 4. The van der Waals surface area contributed by atoms with Gasteiger partial charge in [-0.3, -0.25) is 4.79 Å². The molecule has 1 amide bonds. The van der Waals surface area contributed by atoms with Crippen molar-refractivity contribution in [1.29, 1.82) is 0 Å². The smallest absolute Gasteiger partial charge is 0.295 e. The fraction of sp³-hybridized carbons (Fsp3) is 0.100. The van der Waals surface area contributed by atoms with Gasteiger partial charge in [0, 0.05) is 23.6 Å². The highest BCUT2D eigenvalue weighted by molar-refractivity contribution is 6.01. The first-order valence-electron chi connectivity index (χ1n) is 8.55. The van der Waals surface area contributed by atoms with E-state index in [1.807, 2.05) is 13.0 Å². The molecule has 2 heterocycles. The van der Waals surface area contributed by atoms with Crippen molar-refractivity contribution in [2.24, 2.45) is 0 Å². The van der Waals surface area contributed by atoms with Crippen molar-refractivity contribution in [3.8, 4) is 5.75 Å². The van der Waals surface area contributed by atoms with Crippen LogP contribution >= 0.6 is 0 Å². The minimum atomic E-state index is -0.437. The molecule has 0 atom stereocenters. The second kappa shape index (κ2) is 7.43. The molecule has 0 spiro atoms. The third kappa shape index (κ3) is 3.80. The molecule has 0 fully saturated rings. The number of rotatable bonds is 5. The van der Waals surface area contributed by atoms with Crippen molar-refractivity contribution in [3.63, 3.8) is 0 Å². The molecule has 4 rings (SSSR count). The molecule has 0 radical (unpaired) electrons. The molecule has 7 nitrogen and oxygen atoms in total. The summed E-state index contributed by atoms with van der Waals surface area (Å²) in [4.78, 5) is 20.7. The van der Waals surface area contributed by atoms with Crippen LogP contribution < -0.4 is 10.1 Å². The number of aromatic nitrogens is 4. The summed E-state index contributed by atoms with van der Waals surface area (Å²) in [6, 6.07) is 14.9. The minimum absolute atomic E-state index is 0.0308. The van der Waals surface area contributed by atoms with Gasteiger partial charge in [-0.05, 0) is 42.8 Å². The average molecular weight is 377 g/mol. The lowest BCUT2D eigenvalue weighted by molar-refractivity contribution is 0.101. The predicted molar refractivity (Wildman–Crippen MR) is 101 cm³/mol. The number of halogens is 1. The number of nitrogens with one attached hydrogen (secondary N) is 1. The number of benzene rings is 2. The van der Waals surface area contributed by atoms with Crippen molar-refractivity contribution in [2.45, 2.75) is 13.5 Å². The summed E-state index contributed by atoms with van der Waals surface area (Å²) in [6.07, 6.45) is 1.61. The highest BCUT2D eigenvalue weighted by atomic mass is 19.1. The van der Waals surface area contributed by atoms with E-state index in [0.29, 0.717) is 17.2 Å². The van der Waals surface area contributed by atoms with Crippen LogP contribution in [0.3, 0.4) is 0 Å². The molecule has 1 N–H and O–H groups in total. The van der Waals surface area contributed by atoms with Gasteiger partial charge in [-0.15, -0.1) is 5.10 Å². The van der Waals surface area contributed by atoms with Crippen molar-refractivity contribution in [1.82, 2.24) is 19.6 Å². The Morgan fingerprint density at radius 3 is 2.86 bits per heavy atom. The number of aryl methyl sites for hydroxylation is 1. The highest BCUT2D eigenvalue weighted by Crippen LogP contribution is 2.17. The van der Waals surface area contributed by atoms with E-state index in [0.717, 1.165) is 11.3 Å². The van der Waals surface area contributed by atoms with Crippen molar-refractivity contribution in [3.05, 3.63) is 83.7 Å². The monoisotopic (exact) mass is 377 g/mol. The maximum absolute atomic E-state index is 13.2. The number of carbonyl (C=O) groups is 1. The molecule has 0 aliphatic carbocycles. The maximum atomic E-state index is 13.2. The van der Waals surface area contributed by atoms with Gasteiger partial charge in [0.15, 0.2) is 0 Å². The van der Waals surface area contributed by atoms with Crippen LogP contribution in [-0.2, 0) is 6.61 Å². The van der Waals surface area contributed by atoms with E-state index < -0.39 is 5.91 Å². The molecule has 4 aromatic rings. The van der Waals surface area contributed by atoms with Gasteiger partial charge < -0.3 is 10.1 Å². The lowest BCUT2D eigenvalue weighted by Crippen LogP contribution is -2.14. The summed E-state index contributed by atoms with van der Waals surface area (Å²) in [5.74, 6) is 0.0353. The molecule has 0 saturated heterocycles. The first kappa shape index (κ1) is 17.6. The average Bonchev–Trinajstić information content (AvgIpc) is 3.13. The van der Waals surface area contributed by atoms with Crippen LogP contribution in [0.4, 0.5) is 10.1 Å². The standard InChI is InChI=1S/C20H16FN5O2/c1-13-8-9-22-20-24-18(25-26(13)20)19(27)23-16-6-2-4-14(10-16)12-28-17-7-3-5-15(21)11-17/h2-11H,12H2,1H3,(H,23,27). The highest BCUT2D eigenvalue weighted by Gasteiger charge is 2.14. The van der Waals surface area contributed by atoms with E-state index in [2.05, 4.69) is 20.4 Å². The van der Waals surface area contributed by atoms with Gasteiger partial charge >= 0.3 is 0 Å². The summed E-state index contributed by atoms with van der Waals surface area (Å²) >= 11 is 0. The van der Waals surface area contributed by atoms with Gasteiger partial charge in [0.2, 0.25) is 5.82 Å². The van der Waals surface area contributed by atoms with Gasteiger partial charge in [-0.1, -0.05) is 18.2 Å². The fourth-order valence-corrected chi connectivity index (χ4v) is 2.65. The molecule has 28 heavy (non-hydrogen) atoms. The third-order valence-electron chi connectivity index (χ3n) is 4.02. The normalized spacial score (nSPS) is 10.8. The van der Waals surface area contributed by atoms with Crippen LogP contribution in [0.1, 0.15) is 21.9 Å². The van der Waals surface area contributed by atoms with E-state index in [1.165, 1.54) is 16.6 Å². The van der Waals surface area contributed by atoms with Gasteiger partial charge in [0.1, 0.15) is 18.2 Å². The number of hydrogen-bond donors (Lipinski definition) is 1. The molecule has 8 heteroatoms. The maximum Gasteiger partial charge on any atom is 0.295 e. The lowest BCUT2D eigenvalue weighted by atomic mass is 10.2. The van der Waals surface area contributed by atoms with Gasteiger partial charge in [0.05, 0.1) is 0 Å². The second-order valence-corrected chi connectivity index (χ2v) is 6.13. The summed E-state index contributed by atoms with van der Waals surface area (Å²) < 4.78 is 20.3. The first-order chi connectivity index (χ1) is 13.6. The SMILES string of the molecule is Cc1ccnc2nc(C(=O)Nc3cccc(COc4cccc(F)c4)c3)nn12. The topological polar surface area (TPSA) is 81.4 Å². The third-order valence-corrected chi connectivity index (χ3v) is 4.02. The Balaban J connectivity index is 1.46. The van der Waals surface area contributed by atoms with Crippen molar-refractivity contribution >= 4 is 17.4 Å². The van der Waals surface area contributed by atoms with E-state index in [9.17, 15) is 9.18 Å². The Kier molecular flexibility index (Phi) is 4.67. The Labute approximate surface area is 159 Å². The Morgan fingerprint density at radius 2 is 2.04 bits per heavy atom. The van der Waals surface area contributed by atoms with Crippen LogP contribution in [0.15, 0.2) is 60.8 Å². The van der Waals surface area contributed by atoms with Crippen LogP contribution in [0, 0.1) is 12.7 Å². The summed E-state index contributed by atoms with van der Waals surface area (Å²) in [5, 5.41) is 6.95. The number of anilines is 1. The first-order valence-corrected chi connectivity index (χ1v) is 8.55. The van der Waals surface area contributed by atoms with Crippen LogP contribution in [-0.4, -0.2) is 25.5 Å². The number of carbonyl (C=O) groups excluding carboxylic acids is 1. The Hall–Kier alpha value is -3.81. The summed E-state index contributed by atoms with van der Waals surface area (Å²) in [7, 11) is 0. The molecule has 2 aromatic carbocycles. The number of ether oxygens (including phenoxy) is 1. The van der Waals surface area contributed by atoms with Crippen molar-refractivity contribution < 1.29 is 13.9 Å². The van der Waals surface area contributed by atoms with E-state index in [-0.39, 0.29) is 18.2 Å². The molecular formula is C20H16FN5O2. The Bertz CT molecular complexity index is 1160. The molecule has 0 saturated carbocycles. The molecule has 2 aromatic heterocycles. The van der Waals surface area contributed by atoms with Gasteiger partial charge in [-0.25, -0.2) is 13.9 Å². The van der Waals surface area contributed by atoms with Crippen LogP contribution in [0.25, 0.3) is 5.78 Å². The van der Waals surface area contributed by atoms with Crippen LogP contribution in [0.5, 0.6) is 5.75 Å². The molecule has 140 valence electrons. The molecular weight excluding hydrogens is 361 g/mol. The zero-order chi connectivity index (χ0) is 19.5. The fourth-order valence-electron chi connectivity index (χ4n) is 2.65. The summed E-state index contributed by atoms with van der Waals surface area (Å²) in [6.45, 7) is 2.09.